The van der Waals surface area contributed by atoms with Crippen molar-refractivity contribution in [3.8, 4) is 6.07 Å². The summed E-state index contributed by atoms with van der Waals surface area (Å²) in [5.41, 5.74) is 9.88. The summed E-state index contributed by atoms with van der Waals surface area (Å²) in [5, 5.41) is 9.45. The summed E-state index contributed by atoms with van der Waals surface area (Å²) in [6.07, 6.45) is 1.60. The van der Waals surface area contributed by atoms with E-state index in [-0.39, 0.29) is 11.3 Å². The molecule has 0 aliphatic carbocycles. The fourth-order valence-corrected chi connectivity index (χ4v) is 3.48. The predicted octanol–water partition coefficient (Wildman–Crippen LogP) is 4.04. The summed E-state index contributed by atoms with van der Waals surface area (Å²) < 4.78 is 1.73. The van der Waals surface area contributed by atoms with Gasteiger partial charge in [-0.25, -0.2) is 4.98 Å². The van der Waals surface area contributed by atoms with Crippen LogP contribution in [0.4, 0.5) is 0 Å². The van der Waals surface area contributed by atoms with Crippen molar-refractivity contribution < 1.29 is 4.79 Å². The van der Waals surface area contributed by atoms with Gasteiger partial charge in [-0.1, -0.05) is 58.0 Å². The molecule has 2 N–H and O–H groups in total. The van der Waals surface area contributed by atoms with Crippen LogP contribution in [-0.2, 0) is 10.2 Å². The Balaban J connectivity index is 2.07. The van der Waals surface area contributed by atoms with E-state index in [4.69, 9.17) is 5.73 Å². The standard InChI is InChI=1S/C22H24N4O/c1-14(15-8-10-17(11-9-15)22(2,3)4)19(21(24)27)26-13-25-18-7-5-6-16(12-23)20(18)26/h5-11,13-14,19H,1-4H3,(H2,24,27). The molecule has 1 heterocycles. The third-order valence-electron chi connectivity index (χ3n) is 5.08. The molecular weight excluding hydrogens is 336 g/mol. The van der Waals surface area contributed by atoms with Crippen LogP contribution in [0, 0.1) is 11.3 Å². The second-order valence-electron chi connectivity index (χ2n) is 7.94. The first-order valence-electron chi connectivity index (χ1n) is 8.99. The molecule has 2 unspecified atom stereocenters. The number of nitriles is 1. The maximum Gasteiger partial charge on any atom is 0.241 e. The van der Waals surface area contributed by atoms with Crippen molar-refractivity contribution in [3.05, 3.63) is 65.5 Å². The molecule has 0 aliphatic heterocycles. The topological polar surface area (TPSA) is 84.7 Å². The van der Waals surface area contributed by atoms with Gasteiger partial charge in [0.2, 0.25) is 5.91 Å². The Morgan fingerprint density at radius 1 is 1.19 bits per heavy atom. The number of hydrogen-bond donors (Lipinski definition) is 1. The molecule has 0 radical (unpaired) electrons. The molecule has 1 aromatic heterocycles. The normalized spacial score (nSPS) is 13.9. The largest absolute Gasteiger partial charge is 0.368 e. The Morgan fingerprint density at radius 3 is 2.41 bits per heavy atom. The average Bonchev–Trinajstić information content (AvgIpc) is 3.05. The summed E-state index contributed by atoms with van der Waals surface area (Å²) in [6.45, 7) is 8.47. The fraction of sp³-hybridized carbons (Fsp3) is 0.318. The van der Waals surface area contributed by atoms with Crippen molar-refractivity contribution in [2.45, 2.75) is 45.1 Å². The van der Waals surface area contributed by atoms with Crippen LogP contribution in [0.25, 0.3) is 11.0 Å². The fourth-order valence-electron chi connectivity index (χ4n) is 3.48. The number of carbonyl (C=O) groups is 1. The van der Waals surface area contributed by atoms with Gasteiger partial charge in [-0.3, -0.25) is 4.79 Å². The number of hydrogen-bond acceptors (Lipinski definition) is 3. The van der Waals surface area contributed by atoms with Gasteiger partial charge in [-0.15, -0.1) is 0 Å². The molecule has 0 bridgehead atoms. The number of imidazole rings is 1. The first-order valence-corrected chi connectivity index (χ1v) is 8.99. The number of nitrogens with zero attached hydrogens (tertiary/aromatic N) is 3. The lowest BCUT2D eigenvalue weighted by molar-refractivity contribution is -0.121. The number of aromatic nitrogens is 2. The van der Waals surface area contributed by atoms with Crippen LogP contribution in [0.2, 0.25) is 0 Å². The van der Waals surface area contributed by atoms with Gasteiger partial charge >= 0.3 is 0 Å². The first-order chi connectivity index (χ1) is 12.7. The van der Waals surface area contributed by atoms with Gasteiger partial charge in [0.1, 0.15) is 12.1 Å². The molecule has 3 aromatic rings. The van der Waals surface area contributed by atoms with Gasteiger partial charge < -0.3 is 10.3 Å². The van der Waals surface area contributed by atoms with Gasteiger partial charge in [-0.2, -0.15) is 5.26 Å². The van der Waals surface area contributed by atoms with Crippen molar-refractivity contribution in [2.75, 3.05) is 0 Å². The number of benzene rings is 2. The van der Waals surface area contributed by atoms with Crippen LogP contribution >= 0.6 is 0 Å². The van der Waals surface area contributed by atoms with Gasteiger partial charge in [-0.05, 0) is 28.7 Å². The van der Waals surface area contributed by atoms with Crippen LogP contribution < -0.4 is 5.73 Å². The summed E-state index contributed by atoms with van der Waals surface area (Å²) >= 11 is 0. The van der Waals surface area contributed by atoms with Crippen molar-refractivity contribution in [1.82, 2.24) is 9.55 Å². The second kappa shape index (κ2) is 6.88. The Hall–Kier alpha value is -3.13. The molecule has 5 heteroatoms. The van der Waals surface area contributed by atoms with E-state index in [0.29, 0.717) is 16.6 Å². The Morgan fingerprint density at radius 2 is 1.85 bits per heavy atom. The van der Waals surface area contributed by atoms with Gasteiger partial charge in [0, 0.05) is 5.92 Å². The summed E-state index contributed by atoms with van der Waals surface area (Å²) in [6, 6.07) is 15.2. The molecule has 2 aromatic carbocycles. The summed E-state index contributed by atoms with van der Waals surface area (Å²) in [5.74, 6) is -0.616. The van der Waals surface area contributed by atoms with Crippen LogP contribution in [0.3, 0.4) is 0 Å². The molecule has 2 atom stereocenters. The molecular formula is C22H24N4O. The molecule has 0 aliphatic rings. The van der Waals surface area contributed by atoms with E-state index in [1.807, 2.05) is 25.1 Å². The Labute approximate surface area is 159 Å². The molecule has 138 valence electrons. The highest BCUT2D eigenvalue weighted by molar-refractivity contribution is 5.86. The maximum absolute atomic E-state index is 12.4. The highest BCUT2D eigenvalue weighted by Gasteiger charge is 2.28. The minimum atomic E-state index is -0.634. The number of para-hydroxylation sites is 1. The monoisotopic (exact) mass is 360 g/mol. The van der Waals surface area contributed by atoms with Gasteiger partial charge in [0.05, 0.1) is 22.9 Å². The Kier molecular flexibility index (Phi) is 4.75. The van der Waals surface area contributed by atoms with E-state index >= 15 is 0 Å². The third-order valence-corrected chi connectivity index (χ3v) is 5.08. The second-order valence-corrected chi connectivity index (χ2v) is 7.94. The zero-order valence-corrected chi connectivity index (χ0v) is 16.1. The van der Waals surface area contributed by atoms with E-state index in [2.05, 4.69) is 44.0 Å². The van der Waals surface area contributed by atoms with Gasteiger partial charge in [0.25, 0.3) is 0 Å². The van der Waals surface area contributed by atoms with Crippen LogP contribution in [0.1, 0.15) is 56.3 Å². The number of amides is 1. The smallest absolute Gasteiger partial charge is 0.241 e. The van der Waals surface area contributed by atoms with E-state index in [9.17, 15) is 10.1 Å². The lowest BCUT2D eigenvalue weighted by Gasteiger charge is -2.25. The minimum Gasteiger partial charge on any atom is -0.368 e. The first kappa shape index (κ1) is 18.7. The minimum absolute atomic E-state index is 0.0626. The molecule has 0 spiro atoms. The van der Waals surface area contributed by atoms with Crippen LogP contribution in [0.5, 0.6) is 0 Å². The van der Waals surface area contributed by atoms with Crippen molar-refractivity contribution in [1.29, 1.82) is 5.26 Å². The molecule has 3 rings (SSSR count). The zero-order chi connectivity index (χ0) is 19.8. The van der Waals surface area contributed by atoms with E-state index < -0.39 is 11.9 Å². The highest BCUT2D eigenvalue weighted by Crippen LogP contribution is 2.33. The molecule has 27 heavy (non-hydrogen) atoms. The third kappa shape index (κ3) is 3.43. The lowest BCUT2D eigenvalue weighted by atomic mass is 9.84. The SMILES string of the molecule is CC(c1ccc(C(C)(C)C)cc1)C(C(N)=O)n1cnc2cccc(C#N)c21. The highest BCUT2D eigenvalue weighted by atomic mass is 16.1. The average molecular weight is 360 g/mol. The molecule has 0 saturated heterocycles. The number of primary amides is 1. The summed E-state index contributed by atoms with van der Waals surface area (Å²) in [7, 11) is 0. The quantitative estimate of drug-likeness (QED) is 0.762. The number of rotatable bonds is 4. The van der Waals surface area contributed by atoms with Crippen molar-refractivity contribution in [2.24, 2.45) is 5.73 Å². The molecule has 5 nitrogen and oxygen atoms in total. The van der Waals surface area contributed by atoms with Crippen molar-refractivity contribution in [3.63, 3.8) is 0 Å². The number of carbonyl (C=O) groups excluding carboxylic acids is 1. The zero-order valence-electron chi connectivity index (χ0n) is 16.1. The van der Waals surface area contributed by atoms with Crippen LogP contribution in [0.15, 0.2) is 48.8 Å². The lowest BCUT2D eigenvalue weighted by Crippen LogP contribution is -2.30. The van der Waals surface area contributed by atoms with E-state index in [1.165, 1.54) is 5.56 Å². The van der Waals surface area contributed by atoms with E-state index in [1.54, 1.807) is 23.0 Å². The van der Waals surface area contributed by atoms with Crippen molar-refractivity contribution >= 4 is 16.9 Å². The maximum atomic E-state index is 12.4. The molecule has 0 saturated carbocycles. The number of nitrogens with two attached hydrogens (primary N) is 1. The predicted molar refractivity (Wildman–Crippen MR) is 106 cm³/mol. The van der Waals surface area contributed by atoms with Crippen LogP contribution in [-0.4, -0.2) is 15.5 Å². The summed E-state index contributed by atoms with van der Waals surface area (Å²) in [4.78, 5) is 16.7. The molecule has 0 fully saturated rings. The van der Waals surface area contributed by atoms with E-state index in [0.717, 1.165) is 5.56 Å². The number of fused-ring (bicyclic) bond motifs is 1. The Bertz CT molecular complexity index is 1020. The molecule has 1 amide bonds. The van der Waals surface area contributed by atoms with Gasteiger partial charge in [0.15, 0.2) is 0 Å².